The standard InChI is InChI=1S/C25H33ClN6O2/c1-30-23-20(15-28-30)16-32(22-5-3-2-4-21(22)29-23)25(34)19-8-6-17(7-9-19)14-27-24(33)18-10-12-31(26)13-11-18/h2-5,15,17-19,29H,6-14,16H2,1H3,(H,27,33). The van der Waals surface area contributed by atoms with Crippen molar-refractivity contribution in [3.8, 4) is 0 Å². The number of nitrogens with zero attached hydrogens (tertiary/aromatic N) is 4. The Morgan fingerprint density at radius 2 is 1.82 bits per heavy atom. The molecular formula is C25H33ClN6O2. The molecule has 1 saturated heterocycles. The van der Waals surface area contributed by atoms with Gasteiger partial charge in [-0.15, -0.1) is 0 Å². The molecule has 1 saturated carbocycles. The number of rotatable bonds is 4. The van der Waals surface area contributed by atoms with Crippen LogP contribution in [-0.2, 0) is 23.2 Å². The summed E-state index contributed by atoms with van der Waals surface area (Å²) in [6, 6.07) is 7.98. The van der Waals surface area contributed by atoms with Gasteiger partial charge in [0.15, 0.2) is 0 Å². The first-order valence-electron chi connectivity index (χ1n) is 12.4. The molecule has 182 valence electrons. The average molecular weight is 485 g/mol. The number of hydrogen-bond acceptors (Lipinski definition) is 5. The van der Waals surface area contributed by atoms with Gasteiger partial charge in [0.1, 0.15) is 5.82 Å². The number of anilines is 3. The number of fused-ring (bicyclic) bond motifs is 2. The van der Waals surface area contributed by atoms with Gasteiger partial charge in [-0.3, -0.25) is 14.3 Å². The zero-order valence-electron chi connectivity index (χ0n) is 19.7. The van der Waals surface area contributed by atoms with Gasteiger partial charge in [0, 0.05) is 44.1 Å². The van der Waals surface area contributed by atoms with Crippen molar-refractivity contribution in [1.29, 1.82) is 0 Å². The first kappa shape index (κ1) is 23.2. The molecule has 1 aromatic heterocycles. The van der Waals surface area contributed by atoms with Crippen LogP contribution in [0.4, 0.5) is 17.2 Å². The topological polar surface area (TPSA) is 82.5 Å². The molecule has 0 unspecified atom stereocenters. The number of nitrogens with one attached hydrogen (secondary N) is 2. The van der Waals surface area contributed by atoms with Crippen LogP contribution in [0.3, 0.4) is 0 Å². The number of benzene rings is 1. The number of halogens is 1. The van der Waals surface area contributed by atoms with Crippen LogP contribution in [0.25, 0.3) is 0 Å². The fourth-order valence-electron chi connectivity index (χ4n) is 5.49. The molecule has 1 aromatic carbocycles. The second-order valence-electron chi connectivity index (χ2n) is 9.86. The quantitative estimate of drug-likeness (QED) is 0.645. The highest BCUT2D eigenvalue weighted by molar-refractivity contribution is 6.13. The fourth-order valence-corrected chi connectivity index (χ4v) is 5.68. The van der Waals surface area contributed by atoms with Crippen LogP contribution in [0, 0.1) is 17.8 Å². The molecular weight excluding hydrogens is 452 g/mol. The Morgan fingerprint density at radius 3 is 2.59 bits per heavy atom. The molecule has 8 nitrogen and oxygen atoms in total. The molecule has 2 amide bonds. The van der Waals surface area contributed by atoms with Gasteiger partial charge in [-0.2, -0.15) is 5.10 Å². The Bertz CT molecular complexity index is 1040. The summed E-state index contributed by atoms with van der Waals surface area (Å²) >= 11 is 6.01. The molecule has 0 bridgehead atoms. The monoisotopic (exact) mass is 484 g/mol. The summed E-state index contributed by atoms with van der Waals surface area (Å²) in [6.45, 7) is 2.75. The van der Waals surface area contributed by atoms with E-state index >= 15 is 0 Å². The number of amides is 2. The van der Waals surface area contributed by atoms with Crippen molar-refractivity contribution < 1.29 is 9.59 Å². The lowest BCUT2D eigenvalue weighted by atomic mass is 9.81. The van der Waals surface area contributed by atoms with Crippen LogP contribution in [0.15, 0.2) is 30.5 Å². The van der Waals surface area contributed by atoms with Gasteiger partial charge in [-0.05, 0) is 68.4 Å². The number of piperidine rings is 1. The van der Waals surface area contributed by atoms with Crippen molar-refractivity contribution in [1.82, 2.24) is 19.5 Å². The Hall–Kier alpha value is -2.58. The molecule has 2 aliphatic heterocycles. The second-order valence-corrected chi connectivity index (χ2v) is 10.3. The molecule has 5 rings (SSSR count). The van der Waals surface area contributed by atoms with Crippen LogP contribution < -0.4 is 15.5 Å². The van der Waals surface area contributed by atoms with Crippen molar-refractivity contribution in [3.05, 3.63) is 36.0 Å². The maximum absolute atomic E-state index is 13.7. The van der Waals surface area contributed by atoms with E-state index in [0.29, 0.717) is 19.0 Å². The van der Waals surface area contributed by atoms with Crippen LogP contribution in [0.1, 0.15) is 44.1 Å². The van der Waals surface area contributed by atoms with E-state index in [4.69, 9.17) is 11.8 Å². The summed E-state index contributed by atoms with van der Waals surface area (Å²) in [5.74, 6) is 1.78. The first-order valence-corrected chi connectivity index (χ1v) is 12.7. The maximum Gasteiger partial charge on any atom is 0.230 e. The number of para-hydroxylation sites is 2. The van der Waals surface area contributed by atoms with Gasteiger partial charge in [0.25, 0.3) is 0 Å². The minimum atomic E-state index is 0.00581. The van der Waals surface area contributed by atoms with Crippen molar-refractivity contribution in [2.24, 2.45) is 24.8 Å². The van der Waals surface area contributed by atoms with Crippen LogP contribution in [0.2, 0.25) is 0 Å². The molecule has 2 aromatic rings. The zero-order chi connectivity index (χ0) is 23.7. The highest BCUT2D eigenvalue weighted by atomic mass is 35.5. The minimum absolute atomic E-state index is 0.00581. The first-order chi connectivity index (χ1) is 16.5. The van der Waals surface area contributed by atoms with Gasteiger partial charge in [0.05, 0.1) is 24.1 Å². The smallest absolute Gasteiger partial charge is 0.230 e. The highest BCUT2D eigenvalue weighted by Crippen LogP contribution is 2.38. The van der Waals surface area contributed by atoms with Crippen molar-refractivity contribution in [2.45, 2.75) is 45.1 Å². The van der Waals surface area contributed by atoms with E-state index in [1.165, 1.54) is 0 Å². The maximum atomic E-state index is 13.7. The molecule has 9 heteroatoms. The number of aromatic nitrogens is 2. The van der Waals surface area contributed by atoms with E-state index in [1.54, 1.807) is 4.42 Å². The van der Waals surface area contributed by atoms with Crippen molar-refractivity contribution >= 4 is 40.8 Å². The summed E-state index contributed by atoms with van der Waals surface area (Å²) in [4.78, 5) is 28.1. The second kappa shape index (κ2) is 9.96. The van der Waals surface area contributed by atoms with E-state index in [9.17, 15) is 9.59 Å². The average Bonchev–Trinajstić information content (AvgIpc) is 3.10. The van der Waals surface area contributed by atoms with Gasteiger partial charge in [-0.25, -0.2) is 4.42 Å². The highest BCUT2D eigenvalue weighted by Gasteiger charge is 2.33. The number of hydrogen-bond donors (Lipinski definition) is 2. The van der Waals surface area contributed by atoms with E-state index in [-0.39, 0.29) is 23.7 Å². The molecule has 1 aliphatic carbocycles. The molecule has 3 heterocycles. The summed E-state index contributed by atoms with van der Waals surface area (Å²) in [7, 11) is 1.91. The summed E-state index contributed by atoms with van der Waals surface area (Å²) < 4.78 is 3.58. The molecule has 0 radical (unpaired) electrons. The van der Waals surface area contributed by atoms with Crippen LogP contribution in [-0.4, -0.2) is 45.6 Å². The largest absolute Gasteiger partial charge is 0.356 e. The predicted molar refractivity (Wildman–Crippen MR) is 133 cm³/mol. The van der Waals surface area contributed by atoms with Gasteiger partial charge in [0.2, 0.25) is 11.8 Å². The zero-order valence-corrected chi connectivity index (χ0v) is 20.4. The van der Waals surface area contributed by atoms with Gasteiger partial charge < -0.3 is 15.5 Å². The lowest BCUT2D eigenvalue weighted by Gasteiger charge is -2.32. The third-order valence-corrected chi connectivity index (χ3v) is 7.97. The third kappa shape index (κ3) is 4.79. The van der Waals surface area contributed by atoms with Crippen LogP contribution in [0.5, 0.6) is 0 Å². The Labute approximate surface area is 205 Å². The number of carbonyl (C=O) groups is 2. The Kier molecular flexibility index (Phi) is 6.79. The van der Waals surface area contributed by atoms with Crippen molar-refractivity contribution in [2.75, 3.05) is 29.9 Å². The normalized spacial score (nSPS) is 23.4. The molecule has 0 atom stereocenters. The van der Waals surface area contributed by atoms with E-state index in [0.717, 1.165) is 74.4 Å². The third-order valence-electron chi connectivity index (χ3n) is 7.63. The van der Waals surface area contributed by atoms with Crippen LogP contribution >= 0.6 is 11.8 Å². The molecule has 3 aliphatic rings. The fraction of sp³-hybridized carbons (Fsp3) is 0.560. The van der Waals surface area contributed by atoms with Gasteiger partial charge >= 0.3 is 0 Å². The lowest BCUT2D eigenvalue weighted by molar-refractivity contribution is -0.127. The molecule has 34 heavy (non-hydrogen) atoms. The number of aryl methyl sites for hydroxylation is 1. The number of carbonyl (C=O) groups excluding carboxylic acids is 2. The minimum Gasteiger partial charge on any atom is -0.356 e. The summed E-state index contributed by atoms with van der Waals surface area (Å²) in [6.07, 6.45) is 7.12. The van der Waals surface area contributed by atoms with E-state index < -0.39 is 0 Å². The predicted octanol–water partition coefficient (Wildman–Crippen LogP) is 3.80. The Morgan fingerprint density at radius 1 is 1.09 bits per heavy atom. The summed E-state index contributed by atoms with van der Waals surface area (Å²) in [5.41, 5.74) is 2.86. The Balaban J connectivity index is 1.18. The lowest BCUT2D eigenvalue weighted by Crippen LogP contribution is -2.41. The SMILES string of the molecule is Cn1ncc2c1Nc1ccccc1N(C(=O)C1CCC(CNC(=O)C3CCN(Cl)CC3)CC1)C2. The van der Waals surface area contributed by atoms with Gasteiger partial charge in [-0.1, -0.05) is 12.1 Å². The molecule has 0 spiro atoms. The molecule has 2 fully saturated rings. The molecule has 2 N–H and O–H groups in total. The van der Waals surface area contributed by atoms with Crippen molar-refractivity contribution in [3.63, 3.8) is 0 Å². The van der Waals surface area contributed by atoms with E-state index in [1.807, 2.05) is 47.1 Å². The summed E-state index contributed by atoms with van der Waals surface area (Å²) in [5, 5.41) is 11.0. The van der Waals surface area contributed by atoms with E-state index in [2.05, 4.69) is 15.7 Å².